The highest BCUT2D eigenvalue weighted by atomic mass is 35.5. The quantitative estimate of drug-likeness (QED) is 0.375. The van der Waals surface area contributed by atoms with E-state index < -0.39 is 0 Å². The number of nitrogens with one attached hydrogen (secondary N) is 1. The summed E-state index contributed by atoms with van der Waals surface area (Å²) in [6.07, 6.45) is 2.52. The molecule has 150 valence electrons. The minimum atomic E-state index is -0.244. The SMILES string of the molecule is O=C(Nc1ncc(Cc2ccc(Cl)cc2)s1)c1ccccc1OCc1ccccc1. The first-order chi connectivity index (χ1) is 14.7. The van der Waals surface area contributed by atoms with Crippen molar-refractivity contribution in [2.75, 3.05) is 5.32 Å². The van der Waals surface area contributed by atoms with Crippen LogP contribution in [0.3, 0.4) is 0 Å². The summed E-state index contributed by atoms with van der Waals surface area (Å²) in [6.45, 7) is 0.396. The fraction of sp³-hybridized carbons (Fsp3) is 0.0833. The van der Waals surface area contributed by atoms with Gasteiger partial charge in [0.1, 0.15) is 12.4 Å². The van der Waals surface area contributed by atoms with Crippen LogP contribution in [0, 0.1) is 0 Å². The number of nitrogens with zero attached hydrogens (tertiary/aromatic N) is 1. The third kappa shape index (κ3) is 5.26. The van der Waals surface area contributed by atoms with Crippen LogP contribution in [0.1, 0.15) is 26.4 Å². The monoisotopic (exact) mass is 434 g/mol. The van der Waals surface area contributed by atoms with Gasteiger partial charge in [-0.2, -0.15) is 0 Å². The molecule has 1 heterocycles. The Morgan fingerprint density at radius 1 is 0.933 bits per heavy atom. The molecule has 0 aliphatic carbocycles. The zero-order valence-corrected chi connectivity index (χ0v) is 17.6. The van der Waals surface area contributed by atoms with Crippen molar-refractivity contribution in [1.29, 1.82) is 0 Å². The number of carbonyl (C=O) groups is 1. The predicted molar refractivity (Wildman–Crippen MR) is 122 cm³/mol. The number of thiazole rings is 1. The summed E-state index contributed by atoms with van der Waals surface area (Å²) in [4.78, 5) is 18.2. The summed E-state index contributed by atoms with van der Waals surface area (Å²) in [7, 11) is 0. The lowest BCUT2D eigenvalue weighted by Gasteiger charge is -2.11. The van der Waals surface area contributed by atoms with E-state index in [2.05, 4.69) is 10.3 Å². The molecule has 0 aliphatic rings. The van der Waals surface area contributed by atoms with Gasteiger partial charge in [-0.3, -0.25) is 10.1 Å². The van der Waals surface area contributed by atoms with Gasteiger partial charge in [0.25, 0.3) is 5.91 Å². The number of benzene rings is 3. The molecule has 1 amide bonds. The van der Waals surface area contributed by atoms with Gasteiger partial charge in [0.15, 0.2) is 5.13 Å². The first-order valence-electron chi connectivity index (χ1n) is 9.43. The van der Waals surface area contributed by atoms with Crippen molar-refractivity contribution in [2.45, 2.75) is 13.0 Å². The van der Waals surface area contributed by atoms with Gasteiger partial charge in [-0.15, -0.1) is 11.3 Å². The highest BCUT2D eigenvalue weighted by Gasteiger charge is 2.14. The van der Waals surface area contributed by atoms with Crippen LogP contribution in [0.5, 0.6) is 5.75 Å². The van der Waals surface area contributed by atoms with Gasteiger partial charge in [0.2, 0.25) is 0 Å². The normalized spacial score (nSPS) is 10.6. The standard InChI is InChI=1S/C24H19ClN2O2S/c25-19-12-10-17(11-13-19)14-20-15-26-24(30-20)27-23(28)21-8-4-5-9-22(21)29-16-18-6-2-1-3-7-18/h1-13,15H,14,16H2,(H,26,27,28). The number of para-hydroxylation sites is 1. The minimum Gasteiger partial charge on any atom is -0.488 e. The highest BCUT2D eigenvalue weighted by molar-refractivity contribution is 7.15. The average molecular weight is 435 g/mol. The molecule has 4 nitrogen and oxygen atoms in total. The molecular weight excluding hydrogens is 416 g/mol. The summed E-state index contributed by atoms with van der Waals surface area (Å²) < 4.78 is 5.89. The van der Waals surface area contributed by atoms with Crippen molar-refractivity contribution in [3.05, 3.63) is 112 Å². The number of amides is 1. The second-order valence-electron chi connectivity index (χ2n) is 6.66. The van der Waals surface area contributed by atoms with Crippen molar-refractivity contribution in [3.8, 4) is 5.75 Å². The Morgan fingerprint density at radius 3 is 2.47 bits per heavy atom. The molecule has 0 spiro atoms. The van der Waals surface area contributed by atoms with Gasteiger partial charge in [-0.1, -0.05) is 66.2 Å². The molecule has 0 atom stereocenters. The van der Waals surface area contributed by atoms with Crippen molar-refractivity contribution in [1.82, 2.24) is 4.98 Å². The summed E-state index contributed by atoms with van der Waals surface area (Å²) in [5.41, 5.74) is 2.66. The molecule has 6 heteroatoms. The van der Waals surface area contributed by atoms with E-state index in [9.17, 15) is 4.79 Å². The number of halogens is 1. The van der Waals surface area contributed by atoms with Gasteiger partial charge in [0.05, 0.1) is 5.56 Å². The van der Waals surface area contributed by atoms with Gasteiger partial charge in [-0.05, 0) is 35.4 Å². The third-order valence-electron chi connectivity index (χ3n) is 4.43. The zero-order valence-electron chi connectivity index (χ0n) is 16.0. The van der Waals surface area contributed by atoms with Crippen LogP contribution in [0.4, 0.5) is 5.13 Å². The first-order valence-corrected chi connectivity index (χ1v) is 10.6. The molecule has 3 aromatic carbocycles. The van der Waals surface area contributed by atoms with E-state index in [0.29, 0.717) is 28.1 Å². The molecule has 0 aliphatic heterocycles. The van der Waals surface area contributed by atoms with Gasteiger partial charge in [0, 0.05) is 22.5 Å². The lowest BCUT2D eigenvalue weighted by atomic mass is 10.1. The van der Waals surface area contributed by atoms with Crippen LogP contribution >= 0.6 is 22.9 Å². The molecule has 0 saturated carbocycles. The molecular formula is C24H19ClN2O2S. The number of anilines is 1. The molecule has 4 aromatic rings. The molecule has 1 N–H and O–H groups in total. The third-order valence-corrected chi connectivity index (χ3v) is 5.60. The predicted octanol–water partition coefficient (Wildman–Crippen LogP) is 6.22. The van der Waals surface area contributed by atoms with Crippen LogP contribution in [0.25, 0.3) is 0 Å². The van der Waals surface area contributed by atoms with Crippen LogP contribution in [0.2, 0.25) is 5.02 Å². The van der Waals surface area contributed by atoms with Gasteiger partial charge >= 0.3 is 0 Å². The highest BCUT2D eigenvalue weighted by Crippen LogP contribution is 2.25. The molecule has 4 rings (SSSR count). The fourth-order valence-electron chi connectivity index (χ4n) is 2.93. The van der Waals surface area contributed by atoms with Crippen molar-refractivity contribution >= 4 is 34.0 Å². The van der Waals surface area contributed by atoms with E-state index in [-0.39, 0.29) is 5.91 Å². The Hall–Kier alpha value is -3.15. The molecule has 0 radical (unpaired) electrons. The summed E-state index contributed by atoms with van der Waals surface area (Å²) in [6, 6.07) is 24.8. The summed E-state index contributed by atoms with van der Waals surface area (Å²) >= 11 is 7.39. The molecule has 1 aromatic heterocycles. The van der Waals surface area contributed by atoms with Crippen molar-refractivity contribution < 1.29 is 9.53 Å². The lowest BCUT2D eigenvalue weighted by Crippen LogP contribution is -2.13. The van der Waals surface area contributed by atoms with Gasteiger partial charge in [-0.25, -0.2) is 4.98 Å². The van der Waals surface area contributed by atoms with Crippen LogP contribution in [-0.4, -0.2) is 10.9 Å². The maximum atomic E-state index is 12.8. The zero-order chi connectivity index (χ0) is 20.8. The molecule has 0 bridgehead atoms. The van der Waals surface area contributed by atoms with E-state index in [1.165, 1.54) is 11.3 Å². The smallest absolute Gasteiger partial charge is 0.261 e. The number of rotatable bonds is 7. The maximum absolute atomic E-state index is 12.8. The first kappa shape index (κ1) is 20.1. The molecule has 0 saturated heterocycles. The van der Waals surface area contributed by atoms with Crippen LogP contribution < -0.4 is 10.1 Å². The van der Waals surface area contributed by atoms with Crippen molar-refractivity contribution in [2.24, 2.45) is 0 Å². The Balaban J connectivity index is 1.41. The number of carbonyl (C=O) groups excluding carboxylic acids is 1. The largest absolute Gasteiger partial charge is 0.488 e. The number of hydrogen-bond donors (Lipinski definition) is 1. The fourth-order valence-corrected chi connectivity index (χ4v) is 3.90. The maximum Gasteiger partial charge on any atom is 0.261 e. The summed E-state index contributed by atoms with van der Waals surface area (Å²) in [5.74, 6) is 0.294. The lowest BCUT2D eigenvalue weighted by molar-refractivity contribution is 0.102. The Morgan fingerprint density at radius 2 is 1.67 bits per heavy atom. The topological polar surface area (TPSA) is 51.2 Å². The molecule has 0 fully saturated rings. The van der Waals surface area contributed by atoms with Gasteiger partial charge < -0.3 is 4.74 Å². The number of aromatic nitrogens is 1. The average Bonchev–Trinajstić information content (AvgIpc) is 3.21. The summed E-state index contributed by atoms with van der Waals surface area (Å²) in [5, 5.41) is 4.15. The minimum absolute atomic E-state index is 0.244. The van der Waals surface area contributed by atoms with E-state index in [1.54, 1.807) is 18.3 Å². The van der Waals surface area contributed by atoms with E-state index >= 15 is 0 Å². The molecule has 30 heavy (non-hydrogen) atoms. The van der Waals surface area contributed by atoms with E-state index in [0.717, 1.165) is 22.4 Å². The number of hydrogen-bond acceptors (Lipinski definition) is 4. The Labute approximate surface area is 184 Å². The number of ether oxygens (including phenoxy) is 1. The van der Waals surface area contributed by atoms with Crippen molar-refractivity contribution in [3.63, 3.8) is 0 Å². The Kier molecular flexibility index (Phi) is 6.42. The Bertz CT molecular complexity index is 1130. The van der Waals surface area contributed by atoms with E-state index in [4.69, 9.17) is 16.3 Å². The second-order valence-corrected chi connectivity index (χ2v) is 8.21. The van der Waals surface area contributed by atoms with Crippen LogP contribution in [0.15, 0.2) is 85.1 Å². The second kappa shape index (κ2) is 9.57. The molecule has 0 unspecified atom stereocenters. The van der Waals surface area contributed by atoms with Crippen LogP contribution in [-0.2, 0) is 13.0 Å². The van der Waals surface area contributed by atoms with E-state index in [1.807, 2.05) is 66.7 Å².